The summed E-state index contributed by atoms with van der Waals surface area (Å²) in [6.45, 7) is 4.47. The second kappa shape index (κ2) is 5.03. The molecule has 2 rings (SSSR count). The fraction of sp³-hybridized carbons (Fsp3) is 1.00. The Morgan fingerprint density at radius 3 is 2.62 bits per heavy atom. The minimum atomic E-state index is -0.329. The molecule has 2 unspecified atom stereocenters. The highest BCUT2D eigenvalue weighted by Gasteiger charge is 2.43. The summed E-state index contributed by atoms with van der Waals surface area (Å²) in [5.41, 5.74) is 6.03. The van der Waals surface area contributed by atoms with E-state index >= 15 is 0 Å². The highest BCUT2D eigenvalue weighted by atomic mass is 16.3. The van der Waals surface area contributed by atoms with E-state index in [1.165, 1.54) is 45.1 Å². The molecule has 94 valence electrons. The van der Waals surface area contributed by atoms with Gasteiger partial charge in [0.25, 0.3) is 0 Å². The molecule has 3 N–H and O–H groups in total. The maximum atomic E-state index is 9.53. The molecule has 1 saturated heterocycles. The largest absolute Gasteiger partial charge is 0.394 e. The molecule has 1 saturated carbocycles. The van der Waals surface area contributed by atoms with Crippen LogP contribution in [0.2, 0.25) is 0 Å². The summed E-state index contributed by atoms with van der Waals surface area (Å²) in [5, 5.41) is 9.53. The van der Waals surface area contributed by atoms with Gasteiger partial charge in [-0.1, -0.05) is 13.3 Å². The molecule has 2 aliphatic rings. The lowest BCUT2D eigenvalue weighted by atomic mass is 9.91. The van der Waals surface area contributed by atoms with E-state index in [0.717, 1.165) is 6.54 Å². The second-order valence-corrected chi connectivity index (χ2v) is 5.69. The van der Waals surface area contributed by atoms with Crippen molar-refractivity contribution in [3.8, 4) is 0 Å². The van der Waals surface area contributed by atoms with Crippen LogP contribution in [-0.2, 0) is 0 Å². The molecule has 3 heteroatoms. The molecule has 1 heterocycles. The molecule has 0 bridgehead atoms. The van der Waals surface area contributed by atoms with E-state index in [2.05, 4.69) is 11.8 Å². The Morgan fingerprint density at radius 1 is 1.31 bits per heavy atom. The van der Waals surface area contributed by atoms with Gasteiger partial charge in [-0.2, -0.15) is 0 Å². The molecule has 2 atom stereocenters. The van der Waals surface area contributed by atoms with Crippen molar-refractivity contribution >= 4 is 0 Å². The van der Waals surface area contributed by atoms with Gasteiger partial charge in [0.2, 0.25) is 0 Å². The third-order valence-electron chi connectivity index (χ3n) is 4.40. The second-order valence-electron chi connectivity index (χ2n) is 5.69. The van der Waals surface area contributed by atoms with Crippen LogP contribution in [0, 0.1) is 5.92 Å². The van der Waals surface area contributed by atoms with Gasteiger partial charge >= 0.3 is 0 Å². The zero-order valence-corrected chi connectivity index (χ0v) is 10.5. The lowest BCUT2D eigenvalue weighted by molar-refractivity contribution is 0.0727. The predicted octanol–water partition coefficient (Wildman–Crippen LogP) is 1.35. The maximum Gasteiger partial charge on any atom is 0.0626 e. The van der Waals surface area contributed by atoms with E-state index in [1.807, 2.05) is 0 Å². The highest BCUT2D eigenvalue weighted by molar-refractivity contribution is 5.01. The quantitative estimate of drug-likeness (QED) is 0.744. The van der Waals surface area contributed by atoms with Crippen LogP contribution in [0.25, 0.3) is 0 Å². The van der Waals surface area contributed by atoms with Gasteiger partial charge in [-0.15, -0.1) is 0 Å². The maximum absolute atomic E-state index is 9.53. The first kappa shape index (κ1) is 12.3. The van der Waals surface area contributed by atoms with Crippen molar-refractivity contribution in [3.63, 3.8) is 0 Å². The summed E-state index contributed by atoms with van der Waals surface area (Å²) in [6, 6.07) is 0.696. The normalized spacial score (nSPS) is 31.3. The van der Waals surface area contributed by atoms with Crippen LogP contribution in [0.5, 0.6) is 0 Å². The van der Waals surface area contributed by atoms with Gasteiger partial charge in [0.15, 0.2) is 0 Å². The molecule has 1 aliphatic heterocycles. The first-order valence-corrected chi connectivity index (χ1v) is 6.83. The Kier molecular flexibility index (Phi) is 3.88. The van der Waals surface area contributed by atoms with Gasteiger partial charge in [0.1, 0.15) is 0 Å². The average molecular weight is 226 g/mol. The predicted molar refractivity (Wildman–Crippen MR) is 66.2 cm³/mol. The van der Waals surface area contributed by atoms with Gasteiger partial charge in [-0.25, -0.2) is 0 Å². The number of rotatable bonds is 5. The van der Waals surface area contributed by atoms with E-state index in [4.69, 9.17) is 5.73 Å². The van der Waals surface area contributed by atoms with Gasteiger partial charge in [-0.3, -0.25) is 4.90 Å². The topological polar surface area (TPSA) is 49.5 Å². The minimum Gasteiger partial charge on any atom is -0.394 e. The number of likely N-dealkylation sites (tertiary alicyclic amines) is 1. The van der Waals surface area contributed by atoms with E-state index in [0.29, 0.717) is 12.0 Å². The summed E-state index contributed by atoms with van der Waals surface area (Å²) >= 11 is 0. The molecule has 0 aromatic carbocycles. The Morgan fingerprint density at radius 2 is 2.06 bits per heavy atom. The molecule has 2 fully saturated rings. The first-order valence-electron chi connectivity index (χ1n) is 6.83. The molecule has 3 nitrogen and oxygen atoms in total. The average Bonchev–Trinajstić information content (AvgIpc) is 3.14. The van der Waals surface area contributed by atoms with Crippen LogP contribution in [0.4, 0.5) is 0 Å². The van der Waals surface area contributed by atoms with Crippen molar-refractivity contribution in [3.05, 3.63) is 0 Å². The highest BCUT2D eigenvalue weighted by Crippen LogP contribution is 2.39. The van der Waals surface area contributed by atoms with Crippen LogP contribution in [0.15, 0.2) is 0 Å². The summed E-state index contributed by atoms with van der Waals surface area (Å²) in [5.74, 6) is 0.567. The zero-order valence-electron chi connectivity index (χ0n) is 10.5. The fourth-order valence-electron chi connectivity index (χ4n) is 3.08. The standard InChI is InChI=1S/C13H26N2O/c1-2-12-5-3-4-8-15(12)9-13(14,10-16)11-6-7-11/h11-12,16H,2-10,14H2,1H3. The monoisotopic (exact) mass is 226 g/mol. The van der Waals surface area contributed by atoms with E-state index in [-0.39, 0.29) is 12.1 Å². The molecule has 1 aliphatic carbocycles. The number of hydrogen-bond donors (Lipinski definition) is 2. The zero-order chi connectivity index (χ0) is 11.6. The van der Waals surface area contributed by atoms with Crippen molar-refractivity contribution in [1.82, 2.24) is 4.90 Å². The van der Waals surface area contributed by atoms with Gasteiger partial charge in [0, 0.05) is 12.6 Å². The third kappa shape index (κ3) is 2.58. The van der Waals surface area contributed by atoms with Crippen molar-refractivity contribution in [2.45, 2.75) is 57.0 Å². The van der Waals surface area contributed by atoms with Crippen molar-refractivity contribution < 1.29 is 5.11 Å². The molecular weight excluding hydrogens is 200 g/mol. The smallest absolute Gasteiger partial charge is 0.0626 e. The van der Waals surface area contributed by atoms with Gasteiger partial charge in [-0.05, 0) is 44.6 Å². The first-order chi connectivity index (χ1) is 7.69. The molecule has 0 aromatic rings. The lowest BCUT2D eigenvalue weighted by Gasteiger charge is -2.41. The third-order valence-corrected chi connectivity index (χ3v) is 4.40. The Hall–Kier alpha value is -0.120. The molecule has 0 spiro atoms. The SMILES string of the molecule is CCC1CCCCN1CC(N)(CO)C1CC1. The van der Waals surface area contributed by atoms with Gasteiger partial charge < -0.3 is 10.8 Å². The fourth-order valence-corrected chi connectivity index (χ4v) is 3.08. The van der Waals surface area contributed by atoms with Crippen LogP contribution < -0.4 is 5.73 Å². The summed E-state index contributed by atoms with van der Waals surface area (Å²) < 4.78 is 0. The van der Waals surface area contributed by atoms with Crippen molar-refractivity contribution in [2.75, 3.05) is 19.7 Å². The number of nitrogens with two attached hydrogens (primary N) is 1. The molecular formula is C13H26N2O. The van der Waals surface area contributed by atoms with Gasteiger partial charge in [0.05, 0.1) is 12.1 Å². The number of nitrogens with zero attached hydrogens (tertiary/aromatic N) is 1. The van der Waals surface area contributed by atoms with Crippen LogP contribution in [0.1, 0.15) is 45.4 Å². The molecule has 0 radical (unpaired) electrons. The Labute approximate surface area is 99.0 Å². The molecule has 16 heavy (non-hydrogen) atoms. The number of hydrogen-bond acceptors (Lipinski definition) is 3. The number of aliphatic hydroxyl groups excluding tert-OH is 1. The summed E-state index contributed by atoms with van der Waals surface area (Å²) in [4.78, 5) is 2.53. The van der Waals surface area contributed by atoms with Crippen LogP contribution >= 0.6 is 0 Å². The van der Waals surface area contributed by atoms with E-state index in [9.17, 15) is 5.11 Å². The molecule has 0 amide bonds. The summed E-state index contributed by atoms with van der Waals surface area (Å²) in [7, 11) is 0. The Balaban J connectivity index is 1.94. The Bertz CT molecular complexity index is 230. The van der Waals surface area contributed by atoms with Crippen molar-refractivity contribution in [2.24, 2.45) is 11.7 Å². The number of piperidine rings is 1. The van der Waals surface area contributed by atoms with E-state index in [1.54, 1.807) is 0 Å². The molecule has 0 aromatic heterocycles. The minimum absolute atomic E-state index is 0.143. The lowest BCUT2D eigenvalue weighted by Crippen LogP contribution is -2.57. The van der Waals surface area contributed by atoms with Crippen molar-refractivity contribution in [1.29, 1.82) is 0 Å². The number of aliphatic hydroxyl groups is 1. The summed E-state index contributed by atoms with van der Waals surface area (Å²) in [6.07, 6.45) is 7.59. The van der Waals surface area contributed by atoms with Crippen LogP contribution in [0.3, 0.4) is 0 Å². The van der Waals surface area contributed by atoms with Crippen LogP contribution in [-0.4, -0.2) is 41.3 Å². The van der Waals surface area contributed by atoms with E-state index < -0.39 is 0 Å².